The summed E-state index contributed by atoms with van der Waals surface area (Å²) in [4.78, 5) is 4.91. The molecule has 0 aliphatic rings. The molecule has 0 aliphatic heterocycles. The van der Waals surface area contributed by atoms with Gasteiger partial charge in [-0.2, -0.15) is 0 Å². The third kappa shape index (κ3) is 5.16. The largest absolute Gasteiger partial charge is 0.496 e. The molecule has 0 N–H and O–H groups in total. The summed E-state index contributed by atoms with van der Waals surface area (Å²) in [6, 6.07) is 12.0. The van der Waals surface area contributed by atoms with Crippen molar-refractivity contribution in [1.29, 1.82) is 0 Å². The lowest BCUT2D eigenvalue weighted by molar-refractivity contribution is 0.242. The van der Waals surface area contributed by atoms with Gasteiger partial charge >= 0.3 is 0 Å². The van der Waals surface area contributed by atoms with E-state index in [4.69, 9.17) is 18.9 Å². The van der Waals surface area contributed by atoms with E-state index in [1.165, 1.54) is 41.8 Å². The molecular weight excluding hydrogens is 512 g/mol. The van der Waals surface area contributed by atoms with Crippen LogP contribution < -0.4 is 18.9 Å². The van der Waals surface area contributed by atoms with Gasteiger partial charge < -0.3 is 18.9 Å². The fourth-order valence-corrected chi connectivity index (χ4v) is 7.60. The van der Waals surface area contributed by atoms with Crippen LogP contribution in [0.2, 0.25) is 0 Å². The molecule has 0 spiro atoms. The van der Waals surface area contributed by atoms with Crippen molar-refractivity contribution >= 4 is 22.7 Å². The number of ether oxygens (including phenoxy) is 4. The Labute approximate surface area is 235 Å². The molecule has 0 amide bonds. The molecule has 4 aromatic rings. The molecule has 4 nitrogen and oxygen atoms in total. The van der Waals surface area contributed by atoms with Crippen LogP contribution in [0, 0.1) is 27.7 Å². The van der Waals surface area contributed by atoms with E-state index in [0.717, 1.165) is 34.1 Å². The number of rotatable bonds is 9. The first-order chi connectivity index (χ1) is 18.1. The zero-order chi connectivity index (χ0) is 27.7. The van der Waals surface area contributed by atoms with Crippen molar-refractivity contribution in [3.63, 3.8) is 0 Å². The van der Waals surface area contributed by atoms with Crippen molar-refractivity contribution in [3.05, 3.63) is 58.7 Å². The van der Waals surface area contributed by atoms with Gasteiger partial charge in [0.2, 0.25) is 0 Å². The Kier molecular flexibility index (Phi) is 8.43. The standard InChI is InChI=1S/C32H38O4S2/c1-17(2)35-25-15-11-13-23(33-9)27(25)29-19(5)21(7)31(37-29)32-22(8)20(6)30(38-32)28-24(34-10)14-12-16-26(28)36-18(3)4/h11-18H,1-10H3. The summed E-state index contributed by atoms with van der Waals surface area (Å²) in [5, 5.41) is 0. The number of hydrogen-bond donors (Lipinski definition) is 0. The van der Waals surface area contributed by atoms with Crippen LogP contribution in [0.1, 0.15) is 49.9 Å². The predicted molar refractivity (Wildman–Crippen MR) is 162 cm³/mol. The van der Waals surface area contributed by atoms with Gasteiger partial charge in [-0.3, -0.25) is 0 Å². The van der Waals surface area contributed by atoms with E-state index >= 15 is 0 Å². The number of methoxy groups -OCH3 is 2. The van der Waals surface area contributed by atoms with E-state index < -0.39 is 0 Å². The van der Waals surface area contributed by atoms with Gasteiger partial charge in [0.1, 0.15) is 23.0 Å². The average Bonchev–Trinajstić information content (AvgIpc) is 3.32. The Morgan fingerprint density at radius 1 is 0.500 bits per heavy atom. The summed E-state index contributed by atoms with van der Waals surface area (Å²) < 4.78 is 24.1. The first kappa shape index (κ1) is 28.1. The van der Waals surface area contributed by atoms with Gasteiger partial charge in [-0.15, -0.1) is 22.7 Å². The minimum absolute atomic E-state index is 0.0644. The van der Waals surface area contributed by atoms with Gasteiger partial charge in [0.25, 0.3) is 0 Å². The van der Waals surface area contributed by atoms with E-state index in [1.807, 2.05) is 59.1 Å². The molecule has 2 heterocycles. The molecule has 0 fully saturated rings. The Hall–Kier alpha value is -2.96. The minimum Gasteiger partial charge on any atom is -0.496 e. The van der Waals surface area contributed by atoms with E-state index in [0.29, 0.717) is 0 Å². The Bertz CT molecular complexity index is 1330. The molecule has 38 heavy (non-hydrogen) atoms. The lowest BCUT2D eigenvalue weighted by atomic mass is 10.0. The van der Waals surface area contributed by atoms with Crippen LogP contribution in [0.4, 0.5) is 0 Å². The van der Waals surface area contributed by atoms with Gasteiger partial charge in [-0.05, 0) is 102 Å². The third-order valence-electron chi connectivity index (χ3n) is 6.70. The van der Waals surface area contributed by atoms with Crippen molar-refractivity contribution in [1.82, 2.24) is 0 Å². The highest BCUT2D eigenvalue weighted by Crippen LogP contribution is 2.53. The van der Waals surface area contributed by atoms with Crippen LogP contribution in [0.25, 0.3) is 30.6 Å². The van der Waals surface area contributed by atoms with Gasteiger partial charge in [0.15, 0.2) is 0 Å². The minimum atomic E-state index is 0.0644. The summed E-state index contributed by atoms with van der Waals surface area (Å²) >= 11 is 3.61. The molecule has 2 aromatic carbocycles. The predicted octanol–water partition coefficient (Wildman–Crippen LogP) is 9.64. The zero-order valence-electron chi connectivity index (χ0n) is 24.1. The summed E-state index contributed by atoms with van der Waals surface area (Å²) in [5.41, 5.74) is 7.09. The first-order valence-corrected chi connectivity index (χ1v) is 14.6. The number of hydrogen-bond acceptors (Lipinski definition) is 6. The summed E-state index contributed by atoms with van der Waals surface area (Å²) in [6.07, 6.45) is 0.129. The molecule has 6 heteroatoms. The van der Waals surface area contributed by atoms with Crippen molar-refractivity contribution in [3.8, 4) is 53.6 Å². The molecule has 0 saturated heterocycles. The lowest BCUT2D eigenvalue weighted by Crippen LogP contribution is -2.07. The SMILES string of the molecule is COc1cccc(OC(C)C)c1-c1sc(-c2sc(-c3c(OC)cccc3OC(C)C)c(C)c2C)c(C)c1C. The van der Waals surface area contributed by atoms with Gasteiger partial charge in [-0.25, -0.2) is 0 Å². The quantitative estimate of drug-likeness (QED) is 0.208. The lowest BCUT2D eigenvalue weighted by Gasteiger charge is -2.17. The van der Waals surface area contributed by atoms with Gasteiger partial charge in [0.05, 0.1) is 37.6 Å². The second kappa shape index (κ2) is 11.4. The maximum absolute atomic E-state index is 6.23. The smallest absolute Gasteiger partial charge is 0.132 e. The Morgan fingerprint density at radius 2 is 0.816 bits per heavy atom. The molecule has 0 atom stereocenters. The number of benzene rings is 2. The van der Waals surface area contributed by atoms with Gasteiger partial charge in [0, 0.05) is 19.5 Å². The van der Waals surface area contributed by atoms with E-state index in [-0.39, 0.29) is 12.2 Å². The van der Waals surface area contributed by atoms with Crippen molar-refractivity contribution in [2.24, 2.45) is 0 Å². The van der Waals surface area contributed by atoms with Gasteiger partial charge in [-0.1, -0.05) is 12.1 Å². The van der Waals surface area contributed by atoms with Crippen LogP contribution in [0.5, 0.6) is 23.0 Å². The molecule has 202 valence electrons. The summed E-state index contributed by atoms with van der Waals surface area (Å²) in [7, 11) is 3.44. The monoisotopic (exact) mass is 550 g/mol. The number of thiophene rings is 2. The second-order valence-corrected chi connectivity index (χ2v) is 12.1. The van der Waals surface area contributed by atoms with E-state index in [2.05, 4.69) is 55.4 Å². The van der Waals surface area contributed by atoms with Crippen LogP contribution >= 0.6 is 22.7 Å². The first-order valence-electron chi connectivity index (χ1n) is 13.0. The molecule has 0 bridgehead atoms. The Balaban J connectivity index is 1.92. The third-order valence-corrected chi connectivity index (χ3v) is 9.68. The average molecular weight is 551 g/mol. The highest BCUT2D eigenvalue weighted by atomic mass is 32.1. The van der Waals surface area contributed by atoms with Crippen LogP contribution in [-0.2, 0) is 0 Å². The summed E-state index contributed by atoms with van der Waals surface area (Å²) in [5.74, 6) is 3.34. The molecule has 0 aliphatic carbocycles. The van der Waals surface area contributed by atoms with Crippen LogP contribution in [0.3, 0.4) is 0 Å². The topological polar surface area (TPSA) is 36.9 Å². The highest BCUT2D eigenvalue weighted by molar-refractivity contribution is 7.25. The normalized spacial score (nSPS) is 11.4. The fraction of sp³-hybridized carbons (Fsp3) is 0.375. The summed E-state index contributed by atoms with van der Waals surface area (Å²) in [6.45, 7) is 17.0. The molecular formula is C32H38O4S2. The Morgan fingerprint density at radius 3 is 1.13 bits per heavy atom. The van der Waals surface area contributed by atoms with Crippen molar-refractivity contribution in [2.45, 2.75) is 67.6 Å². The van der Waals surface area contributed by atoms with Crippen molar-refractivity contribution < 1.29 is 18.9 Å². The zero-order valence-corrected chi connectivity index (χ0v) is 25.7. The fourth-order valence-electron chi connectivity index (χ4n) is 4.62. The van der Waals surface area contributed by atoms with E-state index in [1.54, 1.807) is 14.2 Å². The molecule has 0 unspecified atom stereocenters. The van der Waals surface area contributed by atoms with Crippen molar-refractivity contribution in [2.75, 3.05) is 14.2 Å². The molecule has 0 radical (unpaired) electrons. The maximum Gasteiger partial charge on any atom is 0.132 e. The molecule has 4 rings (SSSR count). The maximum atomic E-state index is 6.23. The van der Waals surface area contributed by atoms with E-state index in [9.17, 15) is 0 Å². The second-order valence-electron chi connectivity index (χ2n) is 10.0. The highest BCUT2D eigenvalue weighted by Gasteiger charge is 2.26. The van der Waals surface area contributed by atoms with Crippen LogP contribution in [-0.4, -0.2) is 26.4 Å². The molecule has 0 saturated carbocycles. The molecule has 2 aromatic heterocycles. The van der Waals surface area contributed by atoms with Crippen LogP contribution in [0.15, 0.2) is 36.4 Å².